The van der Waals surface area contributed by atoms with Crippen LogP contribution >= 0.6 is 11.8 Å². The summed E-state index contributed by atoms with van der Waals surface area (Å²) in [6, 6.07) is 0. The molecule has 0 saturated carbocycles. The van der Waals surface area contributed by atoms with Gasteiger partial charge >= 0.3 is 0 Å². The highest BCUT2D eigenvalue weighted by Crippen LogP contribution is 2.19. The van der Waals surface area contributed by atoms with Crippen LogP contribution in [-0.2, 0) is 4.74 Å². The van der Waals surface area contributed by atoms with Crippen molar-refractivity contribution in [3.05, 3.63) is 10.1 Å². The molecule has 0 aromatic heterocycles. The molecular weight excluding hydrogens is 292 g/mol. The molecule has 0 bridgehead atoms. The molecule has 0 spiro atoms. The molecule has 2 unspecified atom stereocenters. The number of ether oxygens (including phenoxy) is 1. The van der Waals surface area contributed by atoms with Gasteiger partial charge in [0.25, 0.3) is 0 Å². The Morgan fingerprint density at radius 1 is 1.48 bits per heavy atom. The first-order valence-corrected chi connectivity index (χ1v) is 8.43. The Morgan fingerprint density at radius 3 is 2.71 bits per heavy atom. The fraction of sp³-hybridized carbons (Fsp3) is 0.923. The van der Waals surface area contributed by atoms with Gasteiger partial charge < -0.3 is 14.5 Å². The lowest BCUT2D eigenvalue weighted by molar-refractivity contribution is -0.485. The summed E-state index contributed by atoms with van der Waals surface area (Å²) in [5.41, 5.74) is 0. The van der Waals surface area contributed by atoms with Crippen LogP contribution in [0.3, 0.4) is 0 Å². The SMILES string of the molecule is CSC(=N[N+](=O)[O-])N(C)CCCN(C)CC1COC(C)C1. The molecule has 8 heteroatoms. The van der Waals surface area contributed by atoms with Gasteiger partial charge in [-0.15, -0.1) is 0 Å². The van der Waals surface area contributed by atoms with E-state index in [1.54, 1.807) is 6.26 Å². The average molecular weight is 318 g/mol. The zero-order chi connectivity index (χ0) is 15.8. The topological polar surface area (TPSA) is 71.2 Å². The fourth-order valence-corrected chi connectivity index (χ4v) is 3.13. The fourth-order valence-electron chi connectivity index (χ4n) is 2.58. The van der Waals surface area contributed by atoms with Crippen molar-refractivity contribution in [2.45, 2.75) is 25.9 Å². The molecule has 0 N–H and O–H groups in total. The van der Waals surface area contributed by atoms with E-state index in [4.69, 9.17) is 4.74 Å². The van der Waals surface area contributed by atoms with Crippen LogP contribution in [0.25, 0.3) is 0 Å². The monoisotopic (exact) mass is 318 g/mol. The van der Waals surface area contributed by atoms with Gasteiger partial charge in [0.15, 0.2) is 5.03 Å². The molecule has 0 amide bonds. The Morgan fingerprint density at radius 2 is 2.19 bits per heavy atom. The van der Waals surface area contributed by atoms with Gasteiger partial charge in [-0.1, -0.05) is 11.8 Å². The van der Waals surface area contributed by atoms with Crippen molar-refractivity contribution in [1.29, 1.82) is 0 Å². The maximum atomic E-state index is 10.4. The third-order valence-electron chi connectivity index (χ3n) is 3.56. The molecule has 1 fully saturated rings. The van der Waals surface area contributed by atoms with E-state index >= 15 is 0 Å². The number of thioether (sulfide) groups is 1. The highest BCUT2D eigenvalue weighted by atomic mass is 32.2. The minimum absolute atomic E-state index is 0.386. The second-order valence-electron chi connectivity index (χ2n) is 5.61. The van der Waals surface area contributed by atoms with E-state index < -0.39 is 5.03 Å². The molecule has 2 atom stereocenters. The van der Waals surface area contributed by atoms with Crippen molar-refractivity contribution >= 4 is 16.9 Å². The summed E-state index contributed by atoms with van der Waals surface area (Å²) < 4.78 is 5.57. The quantitative estimate of drug-likeness (QED) is 0.307. The first-order chi connectivity index (χ1) is 9.92. The number of amidine groups is 1. The zero-order valence-corrected chi connectivity index (χ0v) is 14.1. The minimum Gasteiger partial charge on any atom is -0.378 e. The normalized spacial score (nSPS) is 22.8. The third-order valence-corrected chi connectivity index (χ3v) is 4.32. The van der Waals surface area contributed by atoms with Crippen molar-refractivity contribution in [2.24, 2.45) is 11.0 Å². The maximum absolute atomic E-state index is 10.4. The second-order valence-corrected chi connectivity index (χ2v) is 6.38. The smallest absolute Gasteiger partial charge is 0.237 e. The number of rotatable bonds is 7. The lowest BCUT2D eigenvalue weighted by atomic mass is 10.1. The average Bonchev–Trinajstić information content (AvgIpc) is 2.80. The Kier molecular flexibility index (Phi) is 7.98. The summed E-state index contributed by atoms with van der Waals surface area (Å²) in [5.74, 6) is 0.625. The molecule has 1 saturated heterocycles. The van der Waals surface area contributed by atoms with E-state index in [-0.39, 0.29) is 0 Å². The van der Waals surface area contributed by atoms with E-state index in [2.05, 4.69) is 24.0 Å². The van der Waals surface area contributed by atoms with Crippen LogP contribution in [0, 0.1) is 16.0 Å². The molecule has 0 radical (unpaired) electrons. The zero-order valence-electron chi connectivity index (χ0n) is 13.3. The number of hydrogen-bond donors (Lipinski definition) is 0. The highest BCUT2D eigenvalue weighted by Gasteiger charge is 2.22. The Labute approximate surface area is 130 Å². The minimum atomic E-state index is -0.643. The summed E-state index contributed by atoms with van der Waals surface area (Å²) in [4.78, 5) is 14.6. The molecule has 1 rings (SSSR count). The predicted molar refractivity (Wildman–Crippen MR) is 86.2 cm³/mol. The number of hydrazone groups is 1. The summed E-state index contributed by atoms with van der Waals surface area (Å²) in [6.07, 6.45) is 4.27. The lowest BCUT2D eigenvalue weighted by Gasteiger charge is -2.22. The van der Waals surface area contributed by atoms with Gasteiger partial charge in [0.2, 0.25) is 5.17 Å². The van der Waals surface area contributed by atoms with Gasteiger partial charge in [0.05, 0.1) is 17.8 Å². The number of nitrogens with zero attached hydrogens (tertiary/aromatic N) is 4. The third kappa shape index (κ3) is 7.10. The summed E-state index contributed by atoms with van der Waals surface area (Å²) >= 11 is 1.30. The maximum Gasteiger partial charge on any atom is 0.237 e. The van der Waals surface area contributed by atoms with E-state index in [1.165, 1.54) is 11.8 Å². The van der Waals surface area contributed by atoms with E-state index in [0.29, 0.717) is 17.2 Å². The molecule has 0 aliphatic carbocycles. The summed E-state index contributed by atoms with van der Waals surface area (Å²) in [7, 11) is 3.95. The standard InChI is InChI=1S/C13H26N4O3S/c1-11-8-12(10-20-11)9-15(2)6-5-7-16(3)13(21-4)14-17(18)19/h11-12H,5-10H2,1-4H3. The molecular formula is C13H26N4O3S. The van der Waals surface area contributed by atoms with Crippen molar-refractivity contribution in [2.75, 3.05) is 46.6 Å². The van der Waals surface area contributed by atoms with Gasteiger partial charge in [0, 0.05) is 20.1 Å². The van der Waals surface area contributed by atoms with Gasteiger partial charge in [-0.3, -0.25) is 0 Å². The van der Waals surface area contributed by atoms with Crippen molar-refractivity contribution in [3.63, 3.8) is 0 Å². The molecule has 7 nitrogen and oxygen atoms in total. The van der Waals surface area contributed by atoms with E-state index in [0.717, 1.165) is 39.1 Å². The molecule has 122 valence electrons. The predicted octanol–water partition coefficient (Wildman–Crippen LogP) is 1.58. The van der Waals surface area contributed by atoms with Crippen LogP contribution in [-0.4, -0.2) is 72.7 Å². The first kappa shape index (κ1) is 18.2. The van der Waals surface area contributed by atoms with Crippen molar-refractivity contribution in [3.8, 4) is 0 Å². The molecule has 0 aromatic carbocycles. The van der Waals surface area contributed by atoms with Crippen LogP contribution in [0.5, 0.6) is 0 Å². The van der Waals surface area contributed by atoms with Crippen LogP contribution in [0.1, 0.15) is 19.8 Å². The Bertz CT molecular complexity index is 367. The van der Waals surface area contributed by atoms with Crippen LogP contribution in [0.4, 0.5) is 0 Å². The summed E-state index contributed by atoms with van der Waals surface area (Å²) in [5, 5.41) is 13.6. The Balaban J connectivity index is 2.24. The van der Waals surface area contributed by atoms with Gasteiger partial charge in [-0.2, -0.15) is 0 Å². The van der Waals surface area contributed by atoms with Crippen LogP contribution < -0.4 is 0 Å². The van der Waals surface area contributed by atoms with Crippen LogP contribution in [0.2, 0.25) is 0 Å². The van der Waals surface area contributed by atoms with Crippen molar-refractivity contribution < 1.29 is 9.77 Å². The second kappa shape index (κ2) is 9.22. The number of nitro groups is 1. The van der Waals surface area contributed by atoms with Gasteiger partial charge in [0.1, 0.15) is 0 Å². The van der Waals surface area contributed by atoms with Crippen molar-refractivity contribution in [1.82, 2.24) is 9.80 Å². The molecule has 1 aliphatic rings. The van der Waals surface area contributed by atoms with E-state index in [9.17, 15) is 10.1 Å². The molecule has 21 heavy (non-hydrogen) atoms. The summed E-state index contributed by atoms with van der Waals surface area (Å²) in [6.45, 7) is 5.75. The Hall–Kier alpha value is -0.860. The highest BCUT2D eigenvalue weighted by molar-refractivity contribution is 8.13. The molecule has 0 aromatic rings. The van der Waals surface area contributed by atoms with Gasteiger partial charge in [-0.25, -0.2) is 10.1 Å². The molecule has 1 heterocycles. The first-order valence-electron chi connectivity index (χ1n) is 7.20. The number of hydrogen-bond acceptors (Lipinski definition) is 5. The van der Waals surface area contributed by atoms with E-state index in [1.807, 2.05) is 11.9 Å². The van der Waals surface area contributed by atoms with Crippen LogP contribution in [0.15, 0.2) is 5.10 Å². The molecule has 1 aliphatic heterocycles. The van der Waals surface area contributed by atoms with Gasteiger partial charge in [-0.05, 0) is 45.5 Å². The largest absolute Gasteiger partial charge is 0.378 e. The lowest BCUT2D eigenvalue weighted by Crippen LogP contribution is -2.31.